The zero-order valence-corrected chi connectivity index (χ0v) is 29.9. The molecule has 0 aliphatic heterocycles. The first-order valence-electron chi connectivity index (χ1n) is 17.9. The van der Waals surface area contributed by atoms with Crippen LogP contribution in [0.1, 0.15) is 0 Å². The molecule has 0 aliphatic carbocycles. The summed E-state index contributed by atoms with van der Waals surface area (Å²) in [5.74, 6) is 0.614. The molecule has 5 heteroatoms. The van der Waals surface area contributed by atoms with Gasteiger partial charge in [0.25, 0.3) is 0 Å². The highest BCUT2D eigenvalue weighted by molar-refractivity contribution is 7.85. The summed E-state index contributed by atoms with van der Waals surface area (Å²) in [6.07, 6.45) is 0. The Labute approximate surface area is 312 Å². The lowest BCUT2D eigenvalue weighted by Crippen LogP contribution is -2.24. The molecule has 0 spiro atoms. The third-order valence-electron chi connectivity index (χ3n) is 10.2. The van der Waals surface area contributed by atoms with Crippen LogP contribution in [0, 0.1) is 12.1 Å². The summed E-state index contributed by atoms with van der Waals surface area (Å²) in [7, 11) is -3.12. The Balaban J connectivity index is 1.11. The Kier molecular flexibility index (Phi) is 7.62. The monoisotopic (exact) mass is 707 g/mol. The maximum absolute atomic E-state index is 15.0. The molecule has 10 aromatic rings. The van der Waals surface area contributed by atoms with Crippen LogP contribution in [-0.2, 0) is 4.57 Å². The Hall–Kier alpha value is -6.92. The molecule has 0 saturated carbocycles. The minimum atomic E-state index is -3.12. The zero-order valence-electron chi connectivity index (χ0n) is 29.0. The van der Waals surface area contributed by atoms with Gasteiger partial charge in [-0.2, -0.15) is 0 Å². The molecular formula is C49H30N3OP. The Morgan fingerprint density at radius 3 is 1.80 bits per heavy atom. The molecule has 0 atom stereocenters. The first-order chi connectivity index (χ1) is 26.6. The molecule has 10 rings (SSSR count). The highest BCUT2D eigenvalue weighted by atomic mass is 31.2. The summed E-state index contributed by atoms with van der Waals surface area (Å²) in [5.41, 5.74) is 6.29. The van der Waals surface area contributed by atoms with E-state index in [0.717, 1.165) is 87.3 Å². The van der Waals surface area contributed by atoms with E-state index in [1.807, 2.05) is 109 Å². The molecule has 0 N–H and O–H groups in total. The highest BCUT2D eigenvalue weighted by Gasteiger charge is 2.29. The topological polar surface area (TPSA) is 55.7 Å². The average Bonchev–Trinajstić information content (AvgIpc) is 3.25. The van der Waals surface area contributed by atoms with Crippen LogP contribution in [0.5, 0.6) is 0 Å². The van der Waals surface area contributed by atoms with E-state index < -0.39 is 7.14 Å². The van der Waals surface area contributed by atoms with Gasteiger partial charge < -0.3 is 4.57 Å². The van der Waals surface area contributed by atoms with Crippen molar-refractivity contribution >= 4 is 66.4 Å². The predicted molar refractivity (Wildman–Crippen MR) is 223 cm³/mol. The molecule has 0 bridgehead atoms. The van der Waals surface area contributed by atoms with E-state index in [4.69, 9.17) is 15.0 Å². The van der Waals surface area contributed by atoms with E-state index in [-0.39, 0.29) is 0 Å². The van der Waals surface area contributed by atoms with Crippen LogP contribution in [0.25, 0.3) is 77.3 Å². The van der Waals surface area contributed by atoms with Crippen molar-refractivity contribution < 1.29 is 4.57 Å². The van der Waals surface area contributed by atoms with Gasteiger partial charge in [0, 0.05) is 54.1 Å². The minimum Gasteiger partial charge on any atom is -0.309 e. The number of benzene rings is 7. The zero-order chi connectivity index (χ0) is 36.1. The summed E-state index contributed by atoms with van der Waals surface area (Å²) >= 11 is 0. The van der Waals surface area contributed by atoms with Crippen molar-refractivity contribution in [3.63, 3.8) is 0 Å². The maximum atomic E-state index is 15.0. The summed E-state index contributed by atoms with van der Waals surface area (Å²) in [6.45, 7) is 0. The third-order valence-corrected chi connectivity index (χ3v) is 13.3. The minimum absolute atomic E-state index is 0.614. The lowest BCUT2D eigenvalue weighted by Gasteiger charge is -2.20. The van der Waals surface area contributed by atoms with E-state index in [1.54, 1.807) is 0 Å². The number of nitrogens with zero attached hydrogens (tertiary/aromatic N) is 3. The molecule has 0 unspecified atom stereocenters. The van der Waals surface area contributed by atoms with Gasteiger partial charge in [-0.05, 0) is 47.2 Å². The number of hydrogen-bond acceptors (Lipinski definition) is 4. The molecule has 0 saturated heterocycles. The van der Waals surface area contributed by atoms with Crippen molar-refractivity contribution in [1.82, 2.24) is 15.0 Å². The molecule has 0 radical (unpaired) electrons. The van der Waals surface area contributed by atoms with Gasteiger partial charge in [0.2, 0.25) is 0 Å². The lowest BCUT2D eigenvalue weighted by atomic mass is 9.97. The SMILES string of the molecule is O=P(c1ccccc1)(c1ccccc1)c1ccc(-c2nc(-c3ccc4c(c3)nc(-c3ccc5c#cccc5c3)c3ccccc34)nc3ccccc23)cc1. The van der Waals surface area contributed by atoms with E-state index in [9.17, 15) is 0 Å². The number of aromatic nitrogens is 3. The van der Waals surface area contributed by atoms with Crippen LogP contribution in [0.2, 0.25) is 0 Å². The van der Waals surface area contributed by atoms with Crippen molar-refractivity contribution in [3.8, 4) is 33.9 Å². The Morgan fingerprint density at radius 1 is 0.426 bits per heavy atom. The van der Waals surface area contributed by atoms with Gasteiger partial charge in [-0.3, -0.25) is 0 Å². The Morgan fingerprint density at radius 2 is 1.04 bits per heavy atom. The maximum Gasteiger partial charge on any atom is 0.171 e. The molecule has 2 heterocycles. The van der Waals surface area contributed by atoms with Crippen molar-refractivity contribution in [2.75, 3.05) is 0 Å². The molecule has 0 aliphatic rings. The van der Waals surface area contributed by atoms with Crippen LogP contribution in [-0.4, -0.2) is 15.0 Å². The predicted octanol–water partition coefficient (Wildman–Crippen LogP) is 10.7. The molecule has 252 valence electrons. The van der Waals surface area contributed by atoms with Gasteiger partial charge in [0.05, 0.1) is 22.4 Å². The van der Waals surface area contributed by atoms with Crippen molar-refractivity contribution in [3.05, 3.63) is 194 Å². The van der Waals surface area contributed by atoms with Gasteiger partial charge in [0.1, 0.15) is 0 Å². The van der Waals surface area contributed by atoms with Crippen LogP contribution < -0.4 is 15.9 Å². The number of rotatable bonds is 6. The fraction of sp³-hybridized carbons (Fsp3) is 0. The van der Waals surface area contributed by atoms with Crippen LogP contribution >= 0.6 is 7.14 Å². The molecular weight excluding hydrogens is 678 g/mol. The second-order valence-corrected chi connectivity index (χ2v) is 16.2. The van der Waals surface area contributed by atoms with E-state index >= 15 is 4.57 Å². The van der Waals surface area contributed by atoms with Gasteiger partial charge in [-0.15, -0.1) is 0 Å². The lowest BCUT2D eigenvalue weighted by molar-refractivity contribution is 0.592. The second kappa shape index (κ2) is 12.9. The van der Waals surface area contributed by atoms with Crippen molar-refractivity contribution in [1.29, 1.82) is 0 Å². The first-order valence-corrected chi connectivity index (χ1v) is 19.6. The smallest absolute Gasteiger partial charge is 0.171 e. The number of pyridine rings is 1. The normalized spacial score (nSPS) is 11.6. The number of hydrogen-bond donors (Lipinski definition) is 0. The largest absolute Gasteiger partial charge is 0.309 e. The fourth-order valence-electron chi connectivity index (χ4n) is 7.51. The summed E-state index contributed by atoms with van der Waals surface area (Å²) in [6, 6.07) is 67.0. The highest BCUT2D eigenvalue weighted by Crippen LogP contribution is 2.43. The molecule has 4 nitrogen and oxygen atoms in total. The standard InChI is InChI=1S/C49H30N3OP/c53-54(38-15-3-1-4-16-38,39-17-5-2-6-18-39)40-28-25-34(26-29-40)47-44-21-11-12-22-45(44)51-49(52-47)37-27-30-42-41-19-9-10-20-43(41)48(50-46(42)32-37)36-24-23-33-13-7-8-14-35(33)31-36/h1-6,8-12,14-32H. The van der Waals surface area contributed by atoms with E-state index in [2.05, 4.69) is 84.9 Å². The number of para-hydroxylation sites is 1. The average molecular weight is 708 g/mol. The quantitative estimate of drug-likeness (QED) is 0.128. The molecule has 8 aromatic carbocycles. The fourth-order valence-corrected chi connectivity index (χ4v) is 10.2. The molecule has 54 heavy (non-hydrogen) atoms. The van der Waals surface area contributed by atoms with E-state index in [0.29, 0.717) is 5.82 Å². The van der Waals surface area contributed by atoms with Gasteiger partial charge in [-0.25, -0.2) is 15.0 Å². The van der Waals surface area contributed by atoms with Crippen molar-refractivity contribution in [2.45, 2.75) is 0 Å². The Bertz CT molecular complexity index is 3030. The van der Waals surface area contributed by atoms with Crippen LogP contribution in [0.15, 0.2) is 182 Å². The molecule has 2 aromatic heterocycles. The summed E-state index contributed by atoms with van der Waals surface area (Å²) in [4.78, 5) is 15.6. The summed E-state index contributed by atoms with van der Waals surface area (Å²) in [5, 5.41) is 8.75. The third kappa shape index (κ3) is 5.34. The van der Waals surface area contributed by atoms with E-state index in [1.165, 1.54) is 0 Å². The van der Waals surface area contributed by atoms with Gasteiger partial charge in [0.15, 0.2) is 13.0 Å². The summed E-state index contributed by atoms with van der Waals surface area (Å²) < 4.78 is 15.0. The van der Waals surface area contributed by atoms with Gasteiger partial charge in [-0.1, -0.05) is 158 Å². The van der Waals surface area contributed by atoms with Crippen LogP contribution in [0.3, 0.4) is 0 Å². The second-order valence-electron chi connectivity index (χ2n) is 13.4. The molecule has 0 amide bonds. The first kappa shape index (κ1) is 31.8. The van der Waals surface area contributed by atoms with Crippen molar-refractivity contribution in [2.24, 2.45) is 0 Å². The molecule has 0 fully saturated rings. The number of fused-ring (bicyclic) bond motifs is 5. The van der Waals surface area contributed by atoms with Crippen LogP contribution in [0.4, 0.5) is 0 Å². The van der Waals surface area contributed by atoms with Gasteiger partial charge >= 0.3 is 0 Å².